The smallest absolute Gasteiger partial charge is 0.234 e. The summed E-state index contributed by atoms with van der Waals surface area (Å²) in [5.74, 6) is 0.382. The molecular formula is C13H20N2O2. The van der Waals surface area contributed by atoms with Gasteiger partial charge in [-0.25, -0.2) is 0 Å². The highest BCUT2D eigenvalue weighted by Crippen LogP contribution is 2.25. The van der Waals surface area contributed by atoms with E-state index >= 15 is 0 Å². The summed E-state index contributed by atoms with van der Waals surface area (Å²) >= 11 is 0. The number of benzene rings is 1. The summed E-state index contributed by atoms with van der Waals surface area (Å²) in [5, 5.41) is 0. The topological polar surface area (TPSA) is 78.3 Å². The van der Waals surface area contributed by atoms with Gasteiger partial charge in [-0.3, -0.25) is 4.79 Å². The van der Waals surface area contributed by atoms with E-state index in [9.17, 15) is 4.79 Å². The average Bonchev–Trinajstić information content (AvgIpc) is 2.28. The summed E-state index contributed by atoms with van der Waals surface area (Å²) in [5.41, 5.74) is 14.0. The lowest BCUT2D eigenvalue weighted by molar-refractivity contribution is -0.119. The minimum absolute atomic E-state index is 0.398. The molecule has 1 aromatic carbocycles. The summed E-state index contributed by atoms with van der Waals surface area (Å²) in [6.07, 6.45) is 0.433. The molecule has 4 N–H and O–H groups in total. The van der Waals surface area contributed by atoms with Gasteiger partial charge >= 0.3 is 0 Å². The second-order valence-electron chi connectivity index (χ2n) is 4.30. The number of hydrogen-bond acceptors (Lipinski definition) is 3. The van der Waals surface area contributed by atoms with Gasteiger partial charge in [0.1, 0.15) is 5.75 Å². The summed E-state index contributed by atoms with van der Waals surface area (Å²) in [4.78, 5) is 10.8. The molecular weight excluding hydrogens is 216 g/mol. The molecule has 0 saturated heterocycles. The van der Waals surface area contributed by atoms with Crippen molar-refractivity contribution in [2.75, 3.05) is 6.61 Å². The number of carbonyl (C=O) groups excluding carboxylic acids is 1. The number of nitrogens with two attached hydrogens (primary N) is 2. The molecule has 0 aliphatic heterocycles. The van der Waals surface area contributed by atoms with Crippen molar-refractivity contribution in [3.05, 3.63) is 28.8 Å². The Morgan fingerprint density at radius 2 is 1.88 bits per heavy atom. The van der Waals surface area contributed by atoms with Crippen LogP contribution in [0.1, 0.15) is 23.1 Å². The molecule has 0 aromatic heterocycles. The minimum Gasteiger partial charge on any atom is -0.493 e. The predicted octanol–water partition coefficient (Wildman–Crippen LogP) is 1.19. The van der Waals surface area contributed by atoms with Gasteiger partial charge in [-0.2, -0.15) is 0 Å². The molecule has 1 atom stereocenters. The average molecular weight is 236 g/mol. The molecule has 1 rings (SSSR count). The van der Waals surface area contributed by atoms with Crippen molar-refractivity contribution in [1.82, 2.24) is 0 Å². The highest BCUT2D eigenvalue weighted by molar-refractivity contribution is 5.79. The first-order valence-corrected chi connectivity index (χ1v) is 5.68. The molecule has 1 aromatic rings. The van der Waals surface area contributed by atoms with E-state index in [1.54, 1.807) is 0 Å². The van der Waals surface area contributed by atoms with Gasteiger partial charge in [0.05, 0.1) is 12.6 Å². The highest BCUT2D eigenvalue weighted by Gasteiger charge is 2.11. The number of amides is 1. The molecule has 0 aliphatic rings. The van der Waals surface area contributed by atoms with E-state index < -0.39 is 11.9 Å². The fourth-order valence-corrected chi connectivity index (χ4v) is 1.58. The SMILES string of the molecule is Cc1ccc(C)c(OCCC(N)C(N)=O)c1C. The van der Waals surface area contributed by atoms with Crippen molar-refractivity contribution in [3.63, 3.8) is 0 Å². The summed E-state index contributed by atoms with van der Waals surface area (Å²) in [6, 6.07) is 3.44. The molecule has 0 heterocycles. The van der Waals surface area contributed by atoms with Crippen molar-refractivity contribution < 1.29 is 9.53 Å². The Morgan fingerprint density at radius 3 is 2.47 bits per heavy atom. The molecule has 0 saturated carbocycles. The summed E-state index contributed by atoms with van der Waals surface area (Å²) < 4.78 is 5.68. The van der Waals surface area contributed by atoms with Crippen LogP contribution in [0.15, 0.2) is 12.1 Å². The van der Waals surface area contributed by atoms with Crippen LogP contribution < -0.4 is 16.2 Å². The largest absolute Gasteiger partial charge is 0.493 e. The van der Waals surface area contributed by atoms with E-state index in [0.29, 0.717) is 13.0 Å². The van der Waals surface area contributed by atoms with E-state index in [0.717, 1.165) is 16.9 Å². The molecule has 94 valence electrons. The zero-order valence-corrected chi connectivity index (χ0v) is 10.6. The molecule has 0 spiro atoms. The maximum atomic E-state index is 10.8. The zero-order chi connectivity index (χ0) is 13.0. The van der Waals surface area contributed by atoms with Gasteiger partial charge in [-0.05, 0) is 37.5 Å². The van der Waals surface area contributed by atoms with Crippen molar-refractivity contribution >= 4 is 5.91 Å². The van der Waals surface area contributed by atoms with E-state index in [4.69, 9.17) is 16.2 Å². The maximum Gasteiger partial charge on any atom is 0.234 e. The third kappa shape index (κ3) is 3.46. The van der Waals surface area contributed by atoms with Gasteiger partial charge in [0, 0.05) is 6.42 Å². The Balaban J connectivity index is 2.64. The molecule has 0 aliphatic carbocycles. The van der Waals surface area contributed by atoms with Gasteiger partial charge in [0.15, 0.2) is 0 Å². The van der Waals surface area contributed by atoms with Gasteiger partial charge in [-0.15, -0.1) is 0 Å². The third-order valence-corrected chi connectivity index (χ3v) is 2.91. The van der Waals surface area contributed by atoms with Crippen LogP contribution in [0.2, 0.25) is 0 Å². The van der Waals surface area contributed by atoms with Crippen molar-refractivity contribution in [3.8, 4) is 5.75 Å². The Hall–Kier alpha value is -1.55. The van der Waals surface area contributed by atoms with Gasteiger partial charge < -0.3 is 16.2 Å². The number of carbonyl (C=O) groups is 1. The van der Waals surface area contributed by atoms with E-state index in [2.05, 4.69) is 6.07 Å². The second kappa shape index (κ2) is 5.68. The lowest BCUT2D eigenvalue weighted by atomic mass is 10.1. The Labute approximate surface area is 102 Å². The van der Waals surface area contributed by atoms with Crippen molar-refractivity contribution in [1.29, 1.82) is 0 Å². The van der Waals surface area contributed by atoms with Gasteiger partial charge in [0.2, 0.25) is 5.91 Å². The number of aryl methyl sites for hydroxylation is 2. The van der Waals surface area contributed by atoms with Crippen LogP contribution >= 0.6 is 0 Å². The second-order valence-corrected chi connectivity index (χ2v) is 4.30. The van der Waals surface area contributed by atoms with Crippen LogP contribution in [0, 0.1) is 20.8 Å². The van der Waals surface area contributed by atoms with Crippen LogP contribution in [-0.4, -0.2) is 18.6 Å². The van der Waals surface area contributed by atoms with Crippen LogP contribution in [0.5, 0.6) is 5.75 Å². The van der Waals surface area contributed by atoms with Gasteiger partial charge in [0.25, 0.3) is 0 Å². The molecule has 1 amide bonds. The molecule has 4 heteroatoms. The Kier molecular flexibility index (Phi) is 4.52. The quantitative estimate of drug-likeness (QED) is 0.806. The fraction of sp³-hybridized carbons (Fsp3) is 0.462. The fourth-order valence-electron chi connectivity index (χ4n) is 1.58. The first-order chi connectivity index (χ1) is 7.93. The zero-order valence-electron chi connectivity index (χ0n) is 10.6. The normalized spacial score (nSPS) is 12.2. The monoisotopic (exact) mass is 236 g/mol. The van der Waals surface area contributed by atoms with Crippen molar-refractivity contribution in [2.45, 2.75) is 33.2 Å². The lowest BCUT2D eigenvalue weighted by Gasteiger charge is -2.15. The molecule has 4 nitrogen and oxygen atoms in total. The lowest BCUT2D eigenvalue weighted by Crippen LogP contribution is -2.37. The first-order valence-electron chi connectivity index (χ1n) is 5.68. The maximum absolute atomic E-state index is 10.8. The number of rotatable bonds is 5. The molecule has 0 radical (unpaired) electrons. The molecule has 0 bridgehead atoms. The van der Waals surface area contributed by atoms with E-state index in [1.807, 2.05) is 26.8 Å². The van der Waals surface area contributed by atoms with Crippen LogP contribution in [0.3, 0.4) is 0 Å². The number of ether oxygens (including phenoxy) is 1. The Morgan fingerprint density at radius 1 is 1.29 bits per heavy atom. The molecule has 17 heavy (non-hydrogen) atoms. The van der Waals surface area contributed by atoms with Crippen LogP contribution in [0.25, 0.3) is 0 Å². The summed E-state index contributed by atoms with van der Waals surface area (Å²) in [6.45, 7) is 6.45. The van der Waals surface area contributed by atoms with Crippen molar-refractivity contribution in [2.24, 2.45) is 11.5 Å². The molecule has 0 fully saturated rings. The predicted molar refractivity (Wildman–Crippen MR) is 67.9 cm³/mol. The standard InChI is InChI=1S/C13H20N2O2/c1-8-4-5-9(2)12(10(8)3)17-7-6-11(14)13(15)16/h4-5,11H,6-7,14H2,1-3H3,(H2,15,16). The van der Waals surface area contributed by atoms with E-state index in [1.165, 1.54) is 5.56 Å². The first kappa shape index (κ1) is 13.5. The third-order valence-electron chi connectivity index (χ3n) is 2.91. The Bertz CT molecular complexity index is 416. The minimum atomic E-state index is -0.638. The van der Waals surface area contributed by atoms with E-state index in [-0.39, 0.29) is 0 Å². The van der Waals surface area contributed by atoms with Crippen LogP contribution in [-0.2, 0) is 4.79 Å². The van der Waals surface area contributed by atoms with Gasteiger partial charge in [-0.1, -0.05) is 12.1 Å². The summed E-state index contributed by atoms with van der Waals surface area (Å²) in [7, 11) is 0. The number of primary amides is 1. The van der Waals surface area contributed by atoms with Crippen LogP contribution in [0.4, 0.5) is 0 Å². The number of hydrogen-bond donors (Lipinski definition) is 2. The molecule has 1 unspecified atom stereocenters. The highest BCUT2D eigenvalue weighted by atomic mass is 16.5.